The lowest BCUT2D eigenvalue weighted by molar-refractivity contribution is 0.0692. The summed E-state index contributed by atoms with van der Waals surface area (Å²) < 4.78 is 7.01. The standard InChI is InChI=1S/C26H27BrClN3O3/c1-16-12-18(13-17(2)24(16)28)34-15-22-20(25(32)33)14-29-26(30-22)31-11-7-3-4-10-23(31)19-8-5-6-9-21(19)27/h5-6,8-9,12-14,23H,3-4,7,10-11,15H2,1-2H3,(H,32,33)/t23-/m1/s1. The van der Waals surface area contributed by atoms with Crippen LogP contribution in [0, 0.1) is 13.8 Å². The van der Waals surface area contributed by atoms with Gasteiger partial charge in [-0.05, 0) is 61.6 Å². The molecule has 0 radical (unpaired) electrons. The van der Waals surface area contributed by atoms with Crippen molar-refractivity contribution in [2.24, 2.45) is 0 Å². The predicted octanol–water partition coefficient (Wildman–Crippen LogP) is 6.91. The molecule has 6 nitrogen and oxygen atoms in total. The van der Waals surface area contributed by atoms with Gasteiger partial charge in [0.15, 0.2) is 0 Å². The molecule has 178 valence electrons. The Kier molecular flexibility index (Phi) is 7.73. The second-order valence-electron chi connectivity index (χ2n) is 8.58. The Morgan fingerprint density at radius 3 is 2.65 bits per heavy atom. The number of carboxylic acid groups (broad SMARTS) is 1. The average Bonchev–Trinajstić information content (AvgIpc) is 3.07. The van der Waals surface area contributed by atoms with Crippen molar-refractivity contribution in [3.8, 4) is 5.75 Å². The van der Waals surface area contributed by atoms with E-state index in [0.29, 0.717) is 22.4 Å². The number of hydrogen-bond acceptors (Lipinski definition) is 5. The van der Waals surface area contributed by atoms with E-state index < -0.39 is 5.97 Å². The molecule has 1 N–H and O–H groups in total. The van der Waals surface area contributed by atoms with E-state index in [2.05, 4.69) is 31.9 Å². The molecule has 0 saturated carbocycles. The molecule has 0 amide bonds. The Morgan fingerprint density at radius 1 is 1.21 bits per heavy atom. The van der Waals surface area contributed by atoms with Crippen molar-refractivity contribution in [1.82, 2.24) is 9.97 Å². The lowest BCUT2D eigenvalue weighted by Gasteiger charge is -2.31. The van der Waals surface area contributed by atoms with Crippen LogP contribution in [0.2, 0.25) is 5.02 Å². The Balaban J connectivity index is 1.67. The van der Waals surface area contributed by atoms with Crippen LogP contribution >= 0.6 is 27.5 Å². The van der Waals surface area contributed by atoms with Crippen LogP contribution in [0.1, 0.15) is 64.5 Å². The van der Waals surface area contributed by atoms with Gasteiger partial charge in [-0.2, -0.15) is 0 Å². The minimum absolute atomic E-state index is 0.0191. The number of ether oxygens (including phenoxy) is 1. The monoisotopic (exact) mass is 543 g/mol. The van der Waals surface area contributed by atoms with Gasteiger partial charge < -0.3 is 14.7 Å². The molecule has 1 aliphatic heterocycles. The number of rotatable bonds is 6. The molecule has 1 aliphatic rings. The lowest BCUT2D eigenvalue weighted by atomic mass is 10.0. The van der Waals surface area contributed by atoms with Gasteiger partial charge in [0.2, 0.25) is 5.95 Å². The molecule has 0 aliphatic carbocycles. The van der Waals surface area contributed by atoms with Crippen molar-refractivity contribution in [1.29, 1.82) is 0 Å². The number of anilines is 1. The predicted molar refractivity (Wildman–Crippen MR) is 137 cm³/mol. The van der Waals surface area contributed by atoms with E-state index >= 15 is 0 Å². The zero-order chi connectivity index (χ0) is 24.2. The number of aromatic carboxylic acids is 1. The zero-order valence-electron chi connectivity index (χ0n) is 19.2. The molecule has 1 atom stereocenters. The first-order valence-corrected chi connectivity index (χ1v) is 12.5. The summed E-state index contributed by atoms with van der Waals surface area (Å²) in [5.74, 6) is 0.0679. The molecule has 3 aromatic rings. The van der Waals surface area contributed by atoms with Crippen LogP contribution in [0.4, 0.5) is 5.95 Å². The summed E-state index contributed by atoms with van der Waals surface area (Å²) in [6, 6.07) is 12.0. The number of benzene rings is 2. The summed E-state index contributed by atoms with van der Waals surface area (Å²) in [6.45, 7) is 4.64. The zero-order valence-corrected chi connectivity index (χ0v) is 21.6. The van der Waals surface area contributed by atoms with Crippen LogP contribution < -0.4 is 9.64 Å². The van der Waals surface area contributed by atoms with Crippen LogP contribution in [0.3, 0.4) is 0 Å². The van der Waals surface area contributed by atoms with E-state index in [0.717, 1.165) is 47.8 Å². The van der Waals surface area contributed by atoms with E-state index in [1.165, 1.54) is 11.8 Å². The number of carbonyl (C=O) groups is 1. The molecule has 2 aromatic carbocycles. The summed E-state index contributed by atoms with van der Waals surface area (Å²) in [4.78, 5) is 23.3. The van der Waals surface area contributed by atoms with E-state index in [9.17, 15) is 9.90 Å². The van der Waals surface area contributed by atoms with Crippen molar-refractivity contribution in [3.05, 3.63) is 80.0 Å². The molecule has 0 spiro atoms. The molecule has 34 heavy (non-hydrogen) atoms. The van der Waals surface area contributed by atoms with E-state index in [-0.39, 0.29) is 18.2 Å². The maximum absolute atomic E-state index is 11.9. The lowest BCUT2D eigenvalue weighted by Crippen LogP contribution is -2.31. The number of aryl methyl sites for hydroxylation is 2. The second-order valence-corrected chi connectivity index (χ2v) is 9.81. The second kappa shape index (κ2) is 10.7. The molecular weight excluding hydrogens is 518 g/mol. The Morgan fingerprint density at radius 2 is 1.94 bits per heavy atom. The topological polar surface area (TPSA) is 75.5 Å². The summed E-state index contributed by atoms with van der Waals surface area (Å²) in [6.07, 6.45) is 5.64. The molecule has 1 fully saturated rings. The molecular formula is C26H27BrClN3O3. The number of hydrogen-bond donors (Lipinski definition) is 1. The number of aromatic nitrogens is 2. The highest BCUT2D eigenvalue weighted by Crippen LogP contribution is 2.36. The summed E-state index contributed by atoms with van der Waals surface area (Å²) in [5.41, 5.74) is 3.37. The fourth-order valence-corrected chi connectivity index (χ4v) is 5.05. The molecule has 0 unspecified atom stereocenters. The molecule has 1 saturated heterocycles. The van der Waals surface area contributed by atoms with E-state index in [1.807, 2.05) is 44.2 Å². The van der Waals surface area contributed by atoms with Gasteiger partial charge in [-0.25, -0.2) is 14.8 Å². The molecule has 1 aromatic heterocycles. The highest BCUT2D eigenvalue weighted by atomic mass is 79.9. The van der Waals surface area contributed by atoms with Gasteiger partial charge >= 0.3 is 5.97 Å². The Hall–Kier alpha value is -2.64. The molecule has 4 rings (SSSR count). The normalized spacial score (nSPS) is 16.2. The third-order valence-electron chi connectivity index (χ3n) is 6.14. The third-order valence-corrected chi connectivity index (χ3v) is 7.46. The van der Waals surface area contributed by atoms with E-state index in [4.69, 9.17) is 21.3 Å². The van der Waals surface area contributed by atoms with Crippen molar-refractivity contribution < 1.29 is 14.6 Å². The Labute approximate surface area is 213 Å². The first-order valence-electron chi connectivity index (χ1n) is 11.3. The summed E-state index contributed by atoms with van der Waals surface area (Å²) in [7, 11) is 0. The molecule has 8 heteroatoms. The number of carboxylic acids is 1. The highest BCUT2D eigenvalue weighted by molar-refractivity contribution is 9.10. The molecule has 2 heterocycles. The van der Waals surface area contributed by atoms with Crippen LogP contribution in [0.5, 0.6) is 5.75 Å². The van der Waals surface area contributed by atoms with Crippen LogP contribution in [-0.2, 0) is 6.61 Å². The smallest absolute Gasteiger partial charge is 0.339 e. The summed E-state index contributed by atoms with van der Waals surface area (Å²) in [5, 5.41) is 10.4. The number of halogens is 2. The largest absolute Gasteiger partial charge is 0.487 e. The number of nitrogens with zero attached hydrogens (tertiary/aromatic N) is 3. The van der Waals surface area contributed by atoms with Gasteiger partial charge in [-0.1, -0.05) is 58.6 Å². The fraction of sp³-hybridized carbons (Fsp3) is 0.346. The van der Waals surface area contributed by atoms with E-state index in [1.54, 1.807) is 0 Å². The first kappa shape index (κ1) is 24.5. The van der Waals surface area contributed by atoms with Gasteiger partial charge in [0.1, 0.15) is 17.9 Å². The average molecular weight is 545 g/mol. The third kappa shape index (κ3) is 5.36. The Bertz CT molecular complexity index is 1180. The highest BCUT2D eigenvalue weighted by Gasteiger charge is 2.27. The maximum atomic E-state index is 11.9. The van der Waals surface area contributed by atoms with Crippen molar-refractivity contribution in [2.75, 3.05) is 11.4 Å². The van der Waals surface area contributed by atoms with Crippen molar-refractivity contribution in [3.63, 3.8) is 0 Å². The minimum Gasteiger partial charge on any atom is -0.487 e. The summed E-state index contributed by atoms with van der Waals surface area (Å²) >= 11 is 9.96. The van der Waals surface area contributed by atoms with Crippen molar-refractivity contribution in [2.45, 2.75) is 52.2 Å². The maximum Gasteiger partial charge on any atom is 0.339 e. The van der Waals surface area contributed by atoms with Gasteiger partial charge in [-0.15, -0.1) is 0 Å². The quantitative estimate of drug-likeness (QED) is 0.363. The van der Waals surface area contributed by atoms with Crippen LogP contribution in [0.25, 0.3) is 0 Å². The van der Waals surface area contributed by atoms with Gasteiger partial charge in [0.05, 0.1) is 11.7 Å². The van der Waals surface area contributed by atoms with Crippen LogP contribution in [-0.4, -0.2) is 27.6 Å². The van der Waals surface area contributed by atoms with Gasteiger partial charge in [0.25, 0.3) is 0 Å². The SMILES string of the molecule is Cc1cc(OCc2nc(N3CCCCC[C@@H]3c3ccccc3Br)ncc2C(=O)O)cc(C)c1Cl. The van der Waals surface area contributed by atoms with Crippen molar-refractivity contribution >= 4 is 39.4 Å². The molecule has 0 bridgehead atoms. The minimum atomic E-state index is -1.08. The fourth-order valence-electron chi connectivity index (χ4n) is 4.39. The van der Waals surface area contributed by atoms with Gasteiger partial charge in [0, 0.05) is 22.2 Å². The van der Waals surface area contributed by atoms with Gasteiger partial charge in [-0.3, -0.25) is 0 Å². The van der Waals surface area contributed by atoms with Crippen LogP contribution in [0.15, 0.2) is 47.1 Å². The first-order chi connectivity index (χ1) is 16.3.